The zero-order valence-corrected chi connectivity index (χ0v) is 18.1. The van der Waals surface area contributed by atoms with Crippen molar-refractivity contribution in [1.29, 1.82) is 0 Å². The maximum atomic E-state index is 12.5. The molecule has 1 amide bonds. The predicted molar refractivity (Wildman–Crippen MR) is 114 cm³/mol. The number of anilines is 1. The fourth-order valence-corrected chi connectivity index (χ4v) is 5.51. The molecule has 0 aliphatic carbocycles. The molecule has 0 unspecified atom stereocenters. The van der Waals surface area contributed by atoms with E-state index in [1.807, 2.05) is 19.1 Å². The third-order valence-electron chi connectivity index (χ3n) is 5.75. The molecule has 1 aromatic carbocycles. The van der Waals surface area contributed by atoms with Gasteiger partial charge in [0.2, 0.25) is 15.9 Å². The number of sulfonamides is 1. The standard InChI is InChI=1S/C21H33N3O4S/c1-2-3-16-29(26,27)24-10-8-19(9-11-24)21(25)22-17-18-4-6-20(7-5-18)23-12-14-28-15-13-23/h4-7,19H,2-3,8-17H2,1H3,(H,22,25). The van der Waals surface area contributed by atoms with Gasteiger partial charge in [-0.05, 0) is 37.0 Å². The van der Waals surface area contributed by atoms with Crippen molar-refractivity contribution in [3.05, 3.63) is 29.8 Å². The van der Waals surface area contributed by atoms with Gasteiger partial charge in [-0.3, -0.25) is 4.79 Å². The minimum atomic E-state index is -3.17. The fraction of sp³-hybridized carbons (Fsp3) is 0.667. The summed E-state index contributed by atoms with van der Waals surface area (Å²) in [6.07, 6.45) is 2.74. The van der Waals surface area contributed by atoms with Gasteiger partial charge in [-0.15, -0.1) is 0 Å². The van der Waals surface area contributed by atoms with Crippen LogP contribution in [0.3, 0.4) is 0 Å². The summed E-state index contributed by atoms with van der Waals surface area (Å²) in [5.41, 5.74) is 2.25. The van der Waals surface area contributed by atoms with Crippen LogP contribution in [-0.2, 0) is 26.1 Å². The molecular weight excluding hydrogens is 390 g/mol. The number of hydrogen-bond acceptors (Lipinski definition) is 5. The number of carbonyl (C=O) groups excluding carboxylic acids is 1. The average Bonchev–Trinajstić information content (AvgIpc) is 2.77. The van der Waals surface area contributed by atoms with E-state index in [-0.39, 0.29) is 17.6 Å². The SMILES string of the molecule is CCCCS(=O)(=O)N1CCC(C(=O)NCc2ccc(N3CCOCC3)cc2)CC1. The first-order valence-corrected chi connectivity index (χ1v) is 12.3. The van der Waals surface area contributed by atoms with Crippen LogP contribution < -0.4 is 10.2 Å². The topological polar surface area (TPSA) is 79.0 Å². The van der Waals surface area contributed by atoms with Crippen molar-refractivity contribution >= 4 is 21.6 Å². The van der Waals surface area contributed by atoms with E-state index in [2.05, 4.69) is 22.3 Å². The molecule has 2 aliphatic rings. The maximum Gasteiger partial charge on any atom is 0.223 e. The van der Waals surface area contributed by atoms with Gasteiger partial charge >= 0.3 is 0 Å². The Morgan fingerprint density at radius 1 is 1.10 bits per heavy atom. The molecule has 2 heterocycles. The van der Waals surface area contributed by atoms with E-state index in [1.54, 1.807) is 4.31 Å². The van der Waals surface area contributed by atoms with E-state index in [1.165, 1.54) is 5.69 Å². The Bertz CT molecular complexity index is 753. The van der Waals surface area contributed by atoms with Gasteiger partial charge in [-0.25, -0.2) is 12.7 Å². The summed E-state index contributed by atoms with van der Waals surface area (Å²) in [5.74, 6) is 0.119. The molecule has 1 N–H and O–H groups in total. The van der Waals surface area contributed by atoms with Crippen molar-refractivity contribution in [3.63, 3.8) is 0 Å². The molecule has 2 saturated heterocycles. The van der Waals surface area contributed by atoms with E-state index >= 15 is 0 Å². The van der Waals surface area contributed by atoms with Crippen LogP contribution in [0.5, 0.6) is 0 Å². The zero-order chi connectivity index (χ0) is 20.7. The van der Waals surface area contributed by atoms with Crippen LogP contribution in [0.25, 0.3) is 0 Å². The molecule has 0 atom stereocenters. The Balaban J connectivity index is 1.43. The number of carbonyl (C=O) groups is 1. The summed E-state index contributed by atoms with van der Waals surface area (Å²) >= 11 is 0. The summed E-state index contributed by atoms with van der Waals surface area (Å²) in [7, 11) is -3.17. The molecule has 2 aliphatic heterocycles. The lowest BCUT2D eigenvalue weighted by Gasteiger charge is -2.30. The minimum absolute atomic E-state index is 0.0212. The maximum absolute atomic E-state index is 12.5. The van der Waals surface area contributed by atoms with Gasteiger partial charge in [0.25, 0.3) is 0 Å². The van der Waals surface area contributed by atoms with Crippen LogP contribution in [0.4, 0.5) is 5.69 Å². The van der Waals surface area contributed by atoms with Crippen LogP contribution >= 0.6 is 0 Å². The van der Waals surface area contributed by atoms with Crippen LogP contribution in [0.2, 0.25) is 0 Å². The number of nitrogens with zero attached hydrogens (tertiary/aromatic N) is 2. The second-order valence-electron chi connectivity index (χ2n) is 7.83. The summed E-state index contributed by atoms with van der Waals surface area (Å²) in [6, 6.07) is 8.28. The summed E-state index contributed by atoms with van der Waals surface area (Å²) in [5, 5.41) is 3.02. The first kappa shape index (κ1) is 22.1. The predicted octanol–water partition coefficient (Wildman–Crippen LogP) is 1.98. The number of amides is 1. The molecule has 0 saturated carbocycles. The number of ether oxygens (including phenoxy) is 1. The lowest BCUT2D eigenvalue weighted by molar-refractivity contribution is -0.126. The molecule has 3 rings (SSSR count). The largest absolute Gasteiger partial charge is 0.378 e. The van der Waals surface area contributed by atoms with Gasteiger partial charge in [-0.1, -0.05) is 25.5 Å². The molecule has 0 radical (unpaired) electrons. The Kier molecular flexibility index (Phi) is 7.91. The number of hydrogen-bond donors (Lipinski definition) is 1. The van der Waals surface area contributed by atoms with E-state index in [9.17, 15) is 13.2 Å². The molecule has 162 valence electrons. The molecule has 1 aromatic rings. The van der Waals surface area contributed by atoms with Crippen LogP contribution in [0.1, 0.15) is 38.2 Å². The Morgan fingerprint density at radius 3 is 2.38 bits per heavy atom. The highest BCUT2D eigenvalue weighted by Gasteiger charge is 2.30. The third kappa shape index (κ3) is 6.17. The Hall–Kier alpha value is -1.64. The van der Waals surface area contributed by atoms with Crippen LogP contribution in [-0.4, -0.2) is 63.8 Å². The number of unbranched alkanes of at least 4 members (excludes halogenated alkanes) is 1. The number of benzene rings is 1. The highest BCUT2D eigenvalue weighted by atomic mass is 32.2. The van der Waals surface area contributed by atoms with Gasteiger partial charge in [0.15, 0.2) is 0 Å². The number of rotatable bonds is 8. The summed E-state index contributed by atoms with van der Waals surface area (Å²) in [4.78, 5) is 14.8. The number of nitrogens with one attached hydrogen (secondary N) is 1. The van der Waals surface area contributed by atoms with Gasteiger partial charge < -0.3 is 15.0 Å². The molecule has 29 heavy (non-hydrogen) atoms. The van der Waals surface area contributed by atoms with Gasteiger partial charge in [0.1, 0.15) is 0 Å². The molecule has 8 heteroatoms. The summed E-state index contributed by atoms with van der Waals surface area (Å²) < 4.78 is 31.5. The first-order chi connectivity index (χ1) is 14.0. The van der Waals surface area contributed by atoms with Crippen molar-refractivity contribution in [2.45, 2.75) is 39.2 Å². The van der Waals surface area contributed by atoms with E-state index < -0.39 is 10.0 Å². The first-order valence-electron chi connectivity index (χ1n) is 10.7. The quantitative estimate of drug-likeness (QED) is 0.692. The van der Waals surface area contributed by atoms with Crippen molar-refractivity contribution in [2.75, 3.05) is 50.0 Å². The fourth-order valence-electron chi connectivity index (χ4n) is 3.83. The normalized spacial score (nSPS) is 19.3. The second kappa shape index (κ2) is 10.4. The monoisotopic (exact) mass is 423 g/mol. The van der Waals surface area contributed by atoms with Gasteiger partial charge in [0, 0.05) is 44.3 Å². The van der Waals surface area contributed by atoms with Crippen molar-refractivity contribution in [1.82, 2.24) is 9.62 Å². The van der Waals surface area contributed by atoms with Gasteiger partial charge in [-0.2, -0.15) is 0 Å². The molecule has 0 bridgehead atoms. The van der Waals surface area contributed by atoms with Crippen molar-refractivity contribution in [2.24, 2.45) is 5.92 Å². The third-order valence-corrected chi connectivity index (χ3v) is 7.71. The average molecular weight is 424 g/mol. The Morgan fingerprint density at radius 2 is 1.76 bits per heavy atom. The molecule has 0 spiro atoms. The lowest BCUT2D eigenvalue weighted by Crippen LogP contribution is -2.43. The molecule has 2 fully saturated rings. The van der Waals surface area contributed by atoms with Crippen molar-refractivity contribution in [3.8, 4) is 0 Å². The Labute approximate surface area is 174 Å². The smallest absolute Gasteiger partial charge is 0.223 e. The number of morpholine rings is 1. The molecular formula is C21H33N3O4S. The van der Waals surface area contributed by atoms with Crippen molar-refractivity contribution < 1.29 is 17.9 Å². The van der Waals surface area contributed by atoms with Gasteiger partial charge in [0.05, 0.1) is 19.0 Å². The van der Waals surface area contributed by atoms with E-state index in [0.29, 0.717) is 38.9 Å². The minimum Gasteiger partial charge on any atom is -0.378 e. The number of piperidine rings is 1. The lowest BCUT2D eigenvalue weighted by atomic mass is 9.97. The highest BCUT2D eigenvalue weighted by molar-refractivity contribution is 7.89. The summed E-state index contributed by atoms with van der Waals surface area (Å²) in [6.45, 7) is 6.70. The zero-order valence-electron chi connectivity index (χ0n) is 17.3. The molecule has 7 nitrogen and oxygen atoms in total. The van der Waals surface area contributed by atoms with E-state index in [4.69, 9.17) is 4.74 Å². The second-order valence-corrected chi connectivity index (χ2v) is 9.92. The molecule has 0 aromatic heterocycles. The van der Waals surface area contributed by atoms with Crippen LogP contribution in [0, 0.1) is 5.92 Å². The highest BCUT2D eigenvalue weighted by Crippen LogP contribution is 2.21. The van der Waals surface area contributed by atoms with E-state index in [0.717, 1.165) is 38.3 Å². The van der Waals surface area contributed by atoms with Crippen LogP contribution in [0.15, 0.2) is 24.3 Å².